The van der Waals surface area contributed by atoms with Crippen LogP contribution in [0, 0.1) is 0 Å². The summed E-state index contributed by atoms with van der Waals surface area (Å²) in [7, 11) is 1.56. The van der Waals surface area contributed by atoms with Crippen LogP contribution in [-0.4, -0.2) is 16.7 Å². The second-order valence-corrected chi connectivity index (χ2v) is 7.57. The molecule has 0 aliphatic heterocycles. The lowest BCUT2D eigenvalue weighted by molar-refractivity contribution is 0.411. The smallest absolute Gasteiger partial charge is 0.269 e. The molecule has 148 valence electrons. The van der Waals surface area contributed by atoms with E-state index in [9.17, 15) is 9.59 Å². The molecule has 0 amide bonds. The molecule has 0 saturated heterocycles. The summed E-state index contributed by atoms with van der Waals surface area (Å²) in [6.45, 7) is 2.06. The number of benzene rings is 1. The molecule has 4 rings (SSSR count). The molecule has 2 aromatic heterocycles. The first-order valence-corrected chi connectivity index (χ1v) is 10.2. The molecular formula is C22H26N2O4. The van der Waals surface area contributed by atoms with E-state index in [4.69, 9.17) is 9.15 Å². The van der Waals surface area contributed by atoms with Crippen molar-refractivity contribution in [3.8, 4) is 5.75 Å². The average molecular weight is 382 g/mol. The number of hydrogen-bond donors (Lipinski definition) is 0. The predicted octanol–water partition coefficient (Wildman–Crippen LogP) is 4.36. The van der Waals surface area contributed by atoms with E-state index in [1.54, 1.807) is 29.9 Å². The monoisotopic (exact) mass is 382 g/mol. The lowest BCUT2D eigenvalue weighted by Gasteiger charge is -2.21. The van der Waals surface area contributed by atoms with Gasteiger partial charge in [-0.05, 0) is 31.4 Å². The highest BCUT2D eigenvalue weighted by Gasteiger charge is 2.23. The van der Waals surface area contributed by atoms with Gasteiger partial charge in [-0.15, -0.1) is 0 Å². The van der Waals surface area contributed by atoms with Crippen LogP contribution in [0.1, 0.15) is 63.7 Å². The Balaban J connectivity index is 2.01. The van der Waals surface area contributed by atoms with Crippen molar-refractivity contribution in [2.24, 2.45) is 0 Å². The van der Waals surface area contributed by atoms with E-state index in [0.717, 1.165) is 37.9 Å². The Kier molecular flexibility index (Phi) is 5.20. The van der Waals surface area contributed by atoms with E-state index in [1.807, 2.05) is 0 Å². The Morgan fingerprint density at radius 2 is 1.93 bits per heavy atom. The van der Waals surface area contributed by atoms with Crippen LogP contribution in [0.5, 0.6) is 5.75 Å². The maximum atomic E-state index is 13.5. The minimum atomic E-state index is -0.318. The predicted molar refractivity (Wildman–Crippen MR) is 109 cm³/mol. The van der Waals surface area contributed by atoms with Crippen molar-refractivity contribution in [2.45, 2.75) is 64.3 Å². The zero-order chi connectivity index (χ0) is 19.7. The van der Waals surface area contributed by atoms with Gasteiger partial charge in [-0.25, -0.2) is 0 Å². The van der Waals surface area contributed by atoms with E-state index in [1.165, 1.54) is 12.8 Å². The number of fused-ring (bicyclic) bond motifs is 2. The van der Waals surface area contributed by atoms with Gasteiger partial charge in [0.2, 0.25) is 11.1 Å². The maximum Gasteiger partial charge on any atom is 0.269 e. The van der Waals surface area contributed by atoms with Crippen molar-refractivity contribution in [1.29, 1.82) is 0 Å². The third kappa shape index (κ3) is 3.21. The summed E-state index contributed by atoms with van der Waals surface area (Å²) >= 11 is 0. The molecule has 0 atom stereocenters. The van der Waals surface area contributed by atoms with Gasteiger partial charge < -0.3 is 9.15 Å². The minimum Gasteiger partial charge on any atom is -0.497 e. The number of ether oxygens (including phenoxy) is 1. The molecule has 1 aromatic carbocycles. The molecule has 1 aliphatic rings. The molecule has 6 nitrogen and oxygen atoms in total. The molecular weight excluding hydrogens is 356 g/mol. The van der Waals surface area contributed by atoms with Gasteiger partial charge >= 0.3 is 0 Å². The molecule has 0 bridgehead atoms. The zero-order valence-corrected chi connectivity index (χ0v) is 16.5. The van der Waals surface area contributed by atoms with Crippen LogP contribution in [0.3, 0.4) is 0 Å². The number of methoxy groups -OCH3 is 1. The second-order valence-electron chi connectivity index (χ2n) is 7.57. The van der Waals surface area contributed by atoms with Crippen LogP contribution in [0.2, 0.25) is 0 Å². The van der Waals surface area contributed by atoms with Gasteiger partial charge in [0.05, 0.1) is 12.5 Å². The first kappa shape index (κ1) is 18.7. The van der Waals surface area contributed by atoms with Crippen molar-refractivity contribution < 1.29 is 9.15 Å². The number of aryl methyl sites for hydroxylation is 1. The van der Waals surface area contributed by atoms with Gasteiger partial charge in [0, 0.05) is 18.5 Å². The molecule has 1 aliphatic carbocycles. The Morgan fingerprint density at radius 3 is 2.61 bits per heavy atom. The highest BCUT2D eigenvalue weighted by molar-refractivity contribution is 5.88. The number of nitrogens with zero attached hydrogens (tertiary/aromatic N) is 2. The molecule has 0 radical (unpaired) electrons. The molecule has 1 fully saturated rings. The third-order valence-corrected chi connectivity index (χ3v) is 5.69. The fourth-order valence-electron chi connectivity index (χ4n) is 4.26. The summed E-state index contributed by atoms with van der Waals surface area (Å²) < 4.78 is 12.9. The summed E-state index contributed by atoms with van der Waals surface area (Å²) in [5, 5.41) is 0.435. The molecule has 6 heteroatoms. The van der Waals surface area contributed by atoms with Crippen LogP contribution < -0.4 is 15.7 Å². The lowest BCUT2D eigenvalue weighted by Crippen LogP contribution is -2.32. The zero-order valence-electron chi connectivity index (χ0n) is 16.5. The van der Waals surface area contributed by atoms with Gasteiger partial charge in [-0.2, -0.15) is 4.98 Å². The molecule has 3 aromatic rings. The molecule has 28 heavy (non-hydrogen) atoms. The van der Waals surface area contributed by atoms with Crippen LogP contribution in [0.15, 0.2) is 32.2 Å². The first-order valence-electron chi connectivity index (χ1n) is 10.2. The molecule has 1 saturated carbocycles. The van der Waals surface area contributed by atoms with E-state index >= 15 is 0 Å². The molecule has 0 spiro atoms. The standard InChI is InChI=1S/C22H26N2O4/c1-3-8-18-23-21-19(22(26)24(18)14-9-6-4-5-7-10-14)20(25)16-12-11-15(27-2)13-17(16)28-21/h11-14H,3-10H2,1-2H3. The Hall–Kier alpha value is -2.63. The van der Waals surface area contributed by atoms with E-state index in [0.29, 0.717) is 23.1 Å². The second kappa shape index (κ2) is 7.78. The van der Waals surface area contributed by atoms with Gasteiger partial charge in [-0.1, -0.05) is 32.6 Å². The Morgan fingerprint density at radius 1 is 1.18 bits per heavy atom. The fourth-order valence-corrected chi connectivity index (χ4v) is 4.26. The number of hydrogen-bond acceptors (Lipinski definition) is 5. The van der Waals surface area contributed by atoms with Crippen molar-refractivity contribution in [3.05, 3.63) is 44.6 Å². The maximum absolute atomic E-state index is 13.5. The van der Waals surface area contributed by atoms with E-state index in [2.05, 4.69) is 11.9 Å². The van der Waals surface area contributed by atoms with Gasteiger partial charge in [0.25, 0.3) is 5.56 Å². The summed E-state index contributed by atoms with van der Waals surface area (Å²) in [5.74, 6) is 1.31. The van der Waals surface area contributed by atoms with Gasteiger partial charge in [0.15, 0.2) is 5.39 Å². The molecule has 2 heterocycles. The SMILES string of the molecule is CCCc1nc2oc3cc(OC)ccc3c(=O)c2c(=O)n1C1CCCCCC1. The molecule has 0 N–H and O–H groups in total. The van der Waals surface area contributed by atoms with Crippen LogP contribution in [-0.2, 0) is 6.42 Å². The summed E-state index contributed by atoms with van der Waals surface area (Å²) in [4.78, 5) is 31.2. The van der Waals surface area contributed by atoms with Gasteiger partial charge in [-0.3, -0.25) is 14.2 Å². The number of rotatable bonds is 4. The van der Waals surface area contributed by atoms with E-state index in [-0.39, 0.29) is 28.1 Å². The Labute approximate surface area is 163 Å². The Bertz CT molecular complexity index is 1120. The quantitative estimate of drug-likeness (QED) is 0.495. The van der Waals surface area contributed by atoms with E-state index < -0.39 is 0 Å². The van der Waals surface area contributed by atoms with Crippen molar-refractivity contribution in [3.63, 3.8) is 0 Å². The molecule has 0 unspecified atom stereocenters. The lowest BCUT2D eigenvalue weighted by atomic mass is 10.1. The van der Waals surface area contributed by atoms with Crippen LogP contribution >= 0.6 is 0 Å². The van der Waals surface area contributed by atoms with Crippen LogP contribution in [0.4, 0.5) is 0 Å². The van der Waals surface area contributed by atoms with Crippen LogP contribution in [0.25, 0.3) is 22.1 Å². The fraction of sp³-hybridized carbons (Fsp3) is 0.500. The number of aromatic nitrogens is 2. The van der Waals surface area contributed by atoms with Crippen molar-refractivity contribution in [1.82, 2.24) is 9.55 Å². The first-order chi connectivity index (χ1) is 13.6. The van der Waals surface area contributed by atoms with Crippen molar-refractivity contribution >= 4 is 22.1 Å². The highest BCUT2D eigenvalue weighted by atomic mass is 16.5. The largest absolute Gasteiger partial charge is 0.497 e. The van der Waals surface area contributed by atoms with Gasteiger partial charge in [0.1, 0.15) is 17.2 Å². The summed E-state index contributed by atoms with van der Waals surface area (Å²) in [6.07, 6.45) is 8.07. The third-order valence-electron chi connectivity index (χ3n) is 5.69. The summed E-state index contributed by atoms with van der Waals surface area (Å²) in [5.41, 5.74) is -0.0591. The summed E-state index contributed by atoms with van der Waals surface area (Å²) in [6, 6.07) is 5.12. The topological polar surface area (TPSA) is 74.3 Å². The average Bonchev–Trinajstić information content (AvgIpc) is 2.97. The highest BCUT2D eigenvalue weighted by Crippen LogP contribution is 2.28. The normalized spacial score (nSPS) is 15.8. The van der Waals surface area contributed by atoms with Crippen molar-refractivity contribution in [2.75, 3.05) is 7.11 Å². The minimum absolute atomic E-state index is 0.0572.